The number of rotatable bonds is 2. The van der Waals surface area contributed by atoms with Crippen molar-refractivity contribution in [3.05, 3.63) is 29.5 Å². The molecular formula is C13H18N2. The van der Waals surface area contributed by atoms with Crippen LogP contribution in [0, 0.1) is 6.92 Å². The molecule has 0 aliphatic rings. The normalized spacial score (nSPS) is 10.9. The van der Waals surface area contributed by atoms with Crippen molar-refractivity contribution in [3.63, 3.8) is 0 Å². The molecule has 2 nitrogen and oxygen atoms in total. The number of fused-ring (bicyclic) bond motifs is 1. The van der Waals surface area contributed by atoms with Crippen LogP contribution in [-0.2, 0) is 6.42 Å². The summed E-state index contributed by atoms with van der Waals surface area (Å²) >= 11 is 0. The van der Waals surface area contributed by atoms with Crippen LogP contribution in [0.15, 0.2) is 18.2 Å². The summed E-state index contributed by atoms with van der Waals surface area (Å²) in [6.07, 6.45) is 1.09. The van der Waals surface area contributed by atoms with Gasteiger partial charge in [-0.3, -0.25) is 0 Å². The molecule has 0 fully saturated rings. The number of H-pyrrole nitrogens is 1. The van der Waals surface area contributed by atoms with Gasteiger partial charge < -0.3 is 9.88 Å². The van der Waals surface area contributed by atoms with Crippen molar-refractivity contribution in [1.82, 2.24) is 4.98 Å². The minimum Gasteiger partial charge on any atom is -0.378 e. The molecule has 2 heteroatoms. The zero-order valence-electron chi connectivity index (χ0n) is 9.89. The number of hydrogen-bond acceptors (Lipinski definition) is 1. The van der Waals surface area contributed by atoms with Crippen LogP contribution < -0.4 is 4.90 Å². The van der Waals surface area contributed by atoms with Gasteiger partial charge in [-0.05, 0) is 37.1 Å². The van der Waals surface area contributed by atoms with Crippen LogP contribution in [0.2, 0.25) is 0 Å². The highest BCUT2D eigenvalue weighted by molar-refractivity contribution is 5.87. The minimum absolute atomic E-state index is 1.09. The van der Waals surface area contributed by atoms with Gasteiger partial charge in [-0.2, -0.15) is 0 Å². The summed E-state index contributed by atoms with van der Waals surface area (Å²) in [4.78, 5) is 5.57. The van der Waals surface area contributed by atoms with E-state index in [0.29, 0.717) is 0 Å². The van der Waals surface area contributed by atoms with E-state index in [0.717, 1.165) is 6.42 Å². The Labute approximate surface area is 90.9 Å². The quantitative estimate of drug-likeness (QED) is 0.792. The molecule has 0 radical (unpaired) electrons. The third-order valence-electron chi connectivity index (χ3n) is 2.97. The zero-order valence-corrected chi connectivity index (χ0v) is 9.89. The number of benzene rings is 1. The van der Waals surface area contributed by atoms with Gasteiger partial charge in [-0.15, -0.1) is 0 Å². The number of aromatic nitrogens is 1. The van der Waals surface area contributed by atoms with Crippen LogP contribution in [0.3, 0.4) is 0 Å². The Balaban J connectivity index is 2.68. The fraction of sp³-hybridized carbons (Fsp3) is 0.385. The van der Waals surface area contributed by atoms with Gasteiger partial charge in [0.2, 0.25) is 0 Å². The third kappa shape index (κ3) is 1.60. The lowest BCUT2D eigenvalue weighted by Gasteiger charge is -2.12. The Hall–Kier alpha value is -1.44. The van der Waals surface area contributed by atoms with Crippen molar-refractivity contribution in [2.45, 2.75) is 20.3 Å². The lowest BCUT2D eigenvalue weighted by molar-refractivity contribution is 1.11. The first-order valence-corrected chi connectivity index (χ1v) is 5.42. The smallest absolute Gasteiger partial charge is 0.0460 e. The molecule has 0 bridgehead atoms. The second-order valence-corrected chi connectivity index (χ2v) is 4.21. The summed E-state index contributed by atoms with van der Waals surface area (Å²) in [6.45, 7) is 4.35. The third-order valence-corrected chi connectivity index (χ3v) is 2.97. The second kappa shape index (κ2) is 3.61. The fourth-order valence-electron chi connectivity index (χ4n) is 2.10. The summed E-state index contributed by atoms with van der Waals surface area (Å²) in [5.74, 6) is 0. The molecule has 1 N–H and O–H groups in total. The Morgan fingerprint density at radius 1 is 1.27 bits per heavy atom. The molecule has 0 spiro atoms. The zero-order chi connectivity index (χ0) is 11.0. The van der Waals surface area contributed by atoms with E-state index >= 15 is 0 Å². The van der Waals surface area contributed by atoms with E-state index in [1.807, 2.05) is 0 Å². The summed E-state index contributed by atoms with van der Waals surface area (Å²) in [6, 6.07) is 6.58. The van der Waals surface area contributed by atoms with Crippen molar-refractivity contribution >= 4 is 16.6 Å². The molecule has 0 unspecified atom stereocenters. The number of aryl methyl sites for hydroxylation is 2. The molecule has 80 valence electrons. The molecule has 1 heterocycles. The summed E-state index contributed by atoms with van der Waals surface area (Å²) < 4.78 is 0. The van der Waals surface area contributed by atoms with Crippen LogP contribution in [0.1, 0.15) is 18.2 Å². The van der Waals surface area contributed by atoms with Crippen molar-refractivity contribution in [1.29, 1.82) is 0 Å². The van der Waals surface area contributed by atoms with E-state index in [9.17, 15) is 0 Å². The van der Waals surface area contributed by atoms with Crippen LogP contribution in [0.25, 0.3) is 10.9 Å². The van der Waals surface area contributed by atoms with Gasteiger partial charge in [0, 0.05) is 36.4 Å². The predicted molar refractivity (Wildman–Crippen MR) is 66.7 cm³/mol. The summed E-state index contributed by atoms with van der Waals surface area (Å²) in [5.41, 5.74) is 5.24. The summed E-state index contributed by atoms with van der Waals surface area (Å²) in [7, 11) is 4.15. The van der Waals surface area contributed by atoms with E-state index in [2.05, 4.69) is 56.0 Å². The molecule has 1 aromatic heterocycles. The van der Waals surface area contributed by atoms with Gasteiger partial charge in [0.25, 0.3) is 0 Å². The average Bonchev–Trinajstić information content (AvgIpc) is 2.51. The molecule has 15 heavy (non-hydrogen) atoms. The number of hydrogen-bond donors (Lipinski definition) is 1. The maximum atomic E-state index is 3.43. The molecule has 0 saturated heterocycles. The Morgan fingerprint density at radius 3 is 2.60 bits per heavy atom. The molecule has 0 atom stereocenters. The van der Waals surface area contributed by atoms with E-state index < -0.39 is 0 Å². The van der Waals surface area contributed by atoms with Crippen LogP contribution >= 0.6 is 0 Å². The number of nitrogens with zero attached hydrogens (tertiary/aromatic N) is 1. The molecule has 2 aromatic rings. The lowest BCUT2D eigenvalue weighted by atomic mass is 10.1. The molecule has 1 aromatic carbocycles. The van der Waals surface area contributed by atoms with Crippen LogP contribution in [0.4, 0.5) is 5.69 Å². The minimum atomic E-state index is 1.09. The first-order chi connectivity index (χ1) is 7.13. The number of nitrogens with one attached hydrogen (secondary N) is 1. The van der Waals surface area contributed by atoms with Gasteiger partial charge in [0.1, 0.15) is 0 Å². The first-order valence-electron chi connectivity index (χ1n) is 5.42. The molecule has 0 saturated carbocycles. The number of anilines is 1. The van der Waals surface area contributed by atoms with Gasteiger partial charge in [-0.25, -0.2) is 0 Å². The fourth-order valence-corrected chi connectivity index (χ4v) is 2.10. The predicted octanol–water partition coefficient (Wildman–Crippen LogP) is 3.10. The van der Waals surface area contributed by atoms with E-state index in [-0.39, 0.29) is 0 Å². The van der Waals surface area contributed by atoms with Crippen molar-refractivity contribution in [3.8, 4) is 0 Å². The van der Waals surface area contributed by atoms with Crippen molar-refractivity contribution in [2.24, 2.45) is 0 Å². The van der Waals surface area contributed by atoms with Gasteiger partial charge in [0.15, 0.2) is 0 Å². The van der Waals surface area contributed by atoms with Gasteiger partial charge >= 0.3 is 0 Å². The van der Waals surface area contributed by atoms with E-state index in [4.69, 9.17) is 0 Å². The average molecular weight is 202 g/mol. The van der Waals surface area contributed by atoms with Crippen LogP contribution in [0.5, 0.6) is 0 Å². The molecule has 0 amide bonds. The highest BCUT2D eigenvalue weighted by Crippen LogP contribution is 2.26. The standard InChI is InChI=1S/C13H18N2/c1-5-11-9(2)14-13-7-6-10(15(3)4)8-12(11)13/h6-8,14H,5H2,1-4H3. The van der Waals surface area contributed by atoms with Crippen molar-refractivity contribution < 1.29 is 0 Å². The Kier molecular flexibility index (Phi) is 2.43. The van der Waals surface area contributed by atoms with E-state index in [1.54, 1.807) is 0 Å². The maximum Gasteiger partial charge on any atom is 0.0460 e. The van der Waals surface area contributed by atoms with E-state index in [1.165, 1.54) is 27.8 Å². The lowest BCUT2D eigenvalue weighted by Crippen LogP contribution is -2.07. The maximum absolute atomic E-state index is 3.43. The number of aromatic amines is 1. The van der Waals surface area contributed by atoms with Gasteiger partial charge in [0.05, 0.1) is 0 Å². The highest BCUT2D eigenvalue weighted by atomic mass is 15.1. The Bertz CT molecular complexity index is 480. The molecular weight excluding hydrogens is 184 g/mol. The van der Waals surface area contributed by atoms with Crippen molar-refractivity contribution in [2.75, 3.05) is 19.0 Å². The Morgan fingerprint density at radius 2 is 2.00 bits per heavy atom. The molecule has 0 aliphatic carbocycles. The monoisotopic (exact) mass is 202 g/mol. The summed E-state index contributed by atoms with van der Waals surface area (Å²) in [5, 5.41) is 1.36. The molecule has 2 rings (SSSR count). The van der Waals surface area contributed by atoms with Crippen LogP contribution in [-0.4, -0.2) is 19.1 Å². The molecule has 0 aliphatic heterocycles. The highest BCUT2D eigenvalue weighted by Gasteiger charge is 2.07. The first kappa shape index (κ1) is 10.1. The SMILES string of the molecule is CCc1c(C)[nH]c2ccc(N(C)C)cc12. The topological polar surface area (TPSA) is 19.0 Å². The largest absolute Gasteiger partial charge is 0.378 e. The second-order valence-electron chi connectivity index (χ2n) is 4.21. The van der Waals surface area contributed by atoms with Gasteiger partial charge in [-0.1, -0.05) is 6.92 Å².